The van der Waals surface area contributed by atoms with Gasteiger partial charge in [-0.05, 0) is 79.3 Å². The van der Waals surface area contributed by atoms with Crippen LogP contribution in [0.4, 0.5) is 5.69 Å². The summed E-state index contributed by atoms with van der Waals surface area (Å²) < 4.78 is 2.59. The number of aromatic nitrogens is 2. The number of aryl methyl sites for hydroxylation is 1. The molecule has 0 spiro atoms. The van der Waals surface area contributed by atoms with Gasteiger partial charge >= 0.3 is 0 Å². The van der Waals surface area contributed by atoms with Gasteiger partial charge < -0.3 is 15.1 Å². The lowest BCUT2D eigenvalue weighted by atomic mass is 9.99. The summed E-state index contributed by atoms with van der Waals surface area (Å²) in [5.74, 6) is -0.429. The molecule has 0 aliphatic carbocycles. The minimum absolute atomic E-state index is 0.0966. The number of anilines is 1. The van der Waals surface area contributed by atoms with Gasteiger partial charge in [0.25, 0.3) is 11.8 Å². The minimum atomic E-state index is -0.182. The van der Waals surface area contributed by atoms with Crippen LogP contribution in [0.5, 0.6) is 0 Å². The lowest BCUT2D eigenvalue weighted by Gasteiger charge is -2.29. The number of fused-ring (bicyclic) bond motifs is 1. The molecule has 0 bridgehead atoms. The smallest absolute Gasteiger partial charge is 0.274 e. The zero-order chi connectivity index (χ0) is 32.6. The third-order valence-electron chi connectivity index (χ3n) is 8.37. The molecule has 0 radical (unpaired) electrons. The van der Waals surface area contributed by atoms with E-state index >= 15 is 0 Å². The monoisotopic (exact) mass is 683 g/mol. The van der Waals surface area contributed by atoms with E-state index in [1.165, 1.54) is 5.56 Å². The van der Waals surface area contributed by atoms with E-state index in [-0.39, 0.29) is 24.1 Å². The SMILES string of the molecule is CCCCN(CCCC)C(=O)c1cc(C)n(-c2ccc(NC(=O)Cc3cccc(Br)c3)cc2C(=O)N2CCc3ccccc3C2)n1. The average molecular weight is 685 g/mol. The molecule has 1 aromatic heterocycles. The number of carbonyl (C=O) groups is 3. The van der Waals surface area contributed by atoms with Crippen LogP contribution >= 0.6 is 15.9 Å². The van der Waals surface area contributed by atoms with Crippen LogP contribution in [0, 0.1) is 6.92 Å². The van der Waals surface area contributed by atoms with E-state index in [1.54, 1.807) is 28.9 Å². The van der Waals surface area contributed by atoms with Crippen molar-refractivity contribution in [1.29, 1.82) is 0 Å². The fourth-order valence-corrected chi connectivity index (χ4v) is 6.29. The third-order valence-corrected chi connectivity index (χ3v) is 8.86. The highest BCUT2D eigenvalue weighted by molar-refractivity contribution is 9.10. The number of hydrogen-bond donors (Lipinski definition) is 1. The van der Waals surface area contributed by atoms with Gasteiger partial charge in [0, 0.05) is 42.0 Å². The summed E-state index contributed by atoms with van der Waals surface area (Å²) in [5, 5.41) is 7.74. The molecule has 1 aliphatic heterocycles. The van der Waals surface area contributed by atoms with Crippen molar-refractivity contribution in [1.82, 2.24) is 19.6 Å². The van der Waals surface area contributed by atoms with Crippen LogP contribution in [-0.2, 0) is 24.2 Å². The lowest BCUT2D eigenvalue weighted by molar-refractivity contribution is -0.115. The topological polar surface area (TPSA) is 87.5 Å². The van der Waals surface area contributed by atoms with Gasteiger partial charge in [0.15, 0.2) is 5.69 Å². The van der Waals surface area contributed by atoms with E-state index in [0.29, 0.717) is 48.8 Å². The lowest BCUT2D eigenvalue weighted by Crippen LogP contribution is -2.36. The number of amides is 3. The van der Waals surface area contributed by atoms with Gasteiger partial charge in [0.1, 0.15) is 0 Å². The second-order valence-corrected chi connectivity index (χ2v) is 12.8. The largest absolute Gasteiger partial charge is 0.337 e. The number of benzene rings is 3. The van der Waals surface area contributed by atoms with Crippen LogP contribution in [0.1, 0.15) is 82.8 Å². The van der Waals surface area contributed by atoms with E-state index in [9.17, 15) is 14.4 Å². The Morgan fingerprint density at radius 2 is 1.65 bits per heavy atom. The van der Waals surface area contributed by atoms with Crippen molar-refractivity contribution >= 4 is 39.3 Å². The number of rotatable bonds is 12. The molecule has 0 atom stereocenters. The molecule has 4 aromatic rings. The van der Waals surface area contributed by atoms with Gasteiger partial charge in [-0.15, -0.1) is 0 Å². The molecule has 1 aliphatic rings. The highest BCUT2D eigenvalue weighted by Gasteiger charge is 2.27. The number of hydrogen-bond acceptors (Lipinski definition) is 4. The number of nitrogens with zero attached hydrogens (tertiary/aromatic N) is 4. The predicted molar refractivity (Wildman–Crippen MR) is 185 cm³/mol. The quantitative estimate of drug-likeness (QED) is 0.169. The molecule has 0 saturated carbocycles. The molecule has 46 heavy (non-hydrogen) atoms. The Hall–Kier alpha value is -4.24. The van der Waals surface area contributed by atoms with Crippen molar-refractivity contribution in [2.75, 3.05) is 25.0 Å². The van der Waals surface area contributed by atoms with Crippen molar-refractivity contribution < 1.29 is 14.4 Å². The predicted octanol–water partition coefficient (Wildman–Crippen LogP) is 7.37. The zero-order valence-corrected chi connectivity index (χ0v) is 28.5. The van der Waals surface area contributed by atoms with Crippen molar-refractivity contribution in [2.45, 2.75) is 65.8 Å². The van der Waals surface area contributed by atoms with Crippen LogP contribution in [0.2, 0.25) is 0 Å². The Morgan fingerprint density at radius 1 is 0.913 bits per heavy atom. The molecule has 8 nitrogen and oxygen atoms in total. The van der Waals surface area contributed by atoms with E-state index in [0.717, 1.165) is 53.4 Å². The van der Waals surface area contributed by atoms with Crippen molar-refractivity contribution in [3.8, 4) is 5.69 Å². The maximum atomic E-state index is 14.3. The molecule has 5 rings (SSSR count). The van der Waals surface area contributed by atoms with Gasteiger partial charge in [-0.25, -0.2) is 4.68 Å². The van der Waals surface area contributed by atoms with E-state index < -0.39 is 0 Å². The van der Waals surface area contributed by atoms with Crippen LogP contribution in [-0.4, -0.2) is 56.9 Å². The molecule has 2 heterocycles. The number of unbranched alkanes of at least 4 members (excludes halogenated alkanes) is 2. The first-order valence-corrected chi connectivity index (χ1v) is 17.0. The van der Waals surface area contributed by atoms with Crippen molar-refractivity contribution in [2.24, 2.45) is 0 Å². The summed E-state index contributed by atoms with van der Waals surface area (Å²) in [6.45, 7) is 8.60. The summed E-state index contributed by atoms with van der Waals surface area (Å²) in [4.78, 5) is 44.6. The molecule has 0 unspecified atom stereocenters. The van der Waals surface area contributed by atoms with E-state index in [2.05, 4.69) is 47.2 Å². The fraction of sp³-hybridized carbons (Fsp3) is 0.351. The molecule has 3 amide bonds. The molecule has 9 heteroatoms. The Balaban J connectivity index is 1.47. The van der Waals surface area contributed by atoms with Gasteiger partial charge in [-0.3, -0.25) is 14.4 Å². The van der Waals surface area contributed by atoms with Crippen molar-refractivity contribution in [3.05, 3.63) is 111 Å². The summed E-state index contributed by atoms with van der Waals surface area (Å²) in [7, 11) is 0. The molecule has 240 valence electrons. The third kappa shape index (κ3) is 7.94. The number of halogens is 1. The zero-order valence-electron chi connectivity index (χ0n) is 26.9. The van der Waals surface area contributed by atoms with Crippen LogP contribution in [0.3, 0.4) is 0 Å². The summed E-state index contributed by atoms with van der Waals surface area (Å²) >= 11 is 3.46. The van der Waals surface area contributed by atoms with Crippen molar-refractivity contribution in [3.63, 3.8) is 0 Å². The second kappa shape index (κ2) is 15.4. The first kappa shape index (κ1) is 33.1. The van der Waals surface area contributed by atoms with E-state index in [4.69, 9.17) is 5.10 Å². The highest BCUT2D eigenvalue weighted by Crippen LogP contribution is 2.27. The summed E-state index contributed by atoms with van der Waals surface area (Å²) in [5.41, 5.74) is 5.88. The number of carbonyl (C=O) groups excluding carboxylic acids is 3. The van der Waals surface area contributed by atoms with Crippen LogP contribution < -0.4 is 5.32 Å². The maximum absolute atomic E-state index is 14.3. The van der Waals surface area contributed by atoms with E-state index in [1.807, 2.05) is 53.1 Å². The average Bonchev–Trinajstić information content (AvgIpc) is 3.45. The number of nitrogens with one attached hydrogen (secondary N) is 1. The Bertz CT molecular complexity index is 1710. The Morgan fingerprint density at radius 3 is 2.37 bits per heavy atom. The van der Waals surface area contributed by atoms with Crippen LogP contribution in [0.15, 0.2) is 77.3 Å². The molecule has 1 N–H and O–H groups in total. The normalized spacial score (nSPS) is 12.5. The molecular formula is C37H42BrN5O3. The molecule has 0 fully saturated rings. The first-order chi connectivity index (χ1) is 22.3. The Labute approximate surface area is 279 Å². The van der Waals surface area contributed by atoms with Gasteiger partial charge in [0.05, 0.1) is 17.7 Å². The molecule has 0 saturated heterocycles. The summed E-state index contributed by atoms with van der Waals surface area (Å²) in [6, 6.07) is 22.9. The Kier molecular flexibility index (Phi) is 11.1. The minimum Gasteiger partial charge on any atom is -0.337 e. The first-order valence-electron chi connectivity index (χ1n) is 16.2. The summed E-state index contributed by atoms with van der Waals surface area (Å²) in [6.07, 6.45) is 4.83. The van der Waals surface area contributed by atoms with Gasteiger partial charge in [-0.2, -0.15) is 5.10 Å². The molecule has 3 aromatic carbocycles. The fourth-order valence-electron chi connectivity index (χ4n) is 5.84. The van der Waals surface area contributed by atoms with Gasteiger partial charge in [-0.1, -0.05) is 79.0 Å². The van der Waals surface area contributed by atoms with Crippen LogP contribution in [0.25, 0.3) is 5.69 Å². The highest BCUT2D eigenvalue weighted by atomic mass is 79.9. The second-order valence-electron chi connectivity index (χ2n) is 11.9. The van der Waals surface area contributed by atoms with Gasteiger partial charge in [0.2, 0.25) is 5.91 Å². The standard InChI is InChI=1S/C37H42BrN5O3/c1-4-6-18-41(19-7-5-2)37(46)33-21-26(3)43(40-33)34-16-15-31(39-35(44)23-27-11-10-14-30(38)22-27)24-32(34)36(45)42-20-17-28-12-8-9-13-29(28)25-42/h8-16,21-22,24H,4-7,17-20,23,25H2,1-3H3,(H,39,44). The maximum Gasteiger partial charge on any atom is 0.274 e. The molecular weight excluding hydrogens is 642 g/mol.